The van der Waals surface area contributed by atoms with Gasteiger partial charge < -0.3 is 10.1 Å². The lowest BCUT2D eigenvalue weighted by Gasteiger charge is -2.23. The van der Waals surface area contributed by atoms with Crippen molar-refractivity contribution in [3.63, 3.8) is 0 Å². The SMILES string of the molecule is CCCOc1nc(Cl)nc(NCC2(C)CCCC2)n1. The zero-order valence-corrected chi connectivity index (χ0v) is 12.3. The van der Waals surface area contributed by atoms with E-state index < -0.39 is 0 Å². The molecule has 0 bridgehead atoms. The molecule has 1 fully saturated rings. The maximum absolute atomic E-state index is 5.88. The average molecular weight is 285 g/mol. The van der Waals surface area contributed by atoms with E-state index >= 15 is 0 Å². The summed E-state index contributed by atoms with van der Waals surface area (Å²) < 4.78 is 5.39. The van der Waals surface area contributed by atoms with Crippen LogP contribution in [0.3, 0.4) is 0 Å². The fourth-order valence-corrected chi connectivity index (χ4v) is 2.52. The number of ether oxygens (including phenoxy) is 1. The summed E-state index contributed by atoms with van der Waals surface area (Å²) in [5.41, 5.74) is 0.337. The Balaban J connectivity index is 1.97. The van der Waals surface area contributed by atoms with Gasteiger partial charge in [0.1, 0.15) is 0 Å². The molecule has 0 amide bonds. The Bertz CT molecular complexity index is 421. The molecule has 0 spiro atoms. The lowest BCUT2D eigenvalue weighted by molar-refractivity contribution is 0.291. The molecule has 1 aliphatic carbocycles. The van der Waals surface area contributed by atoms with Crippen molar-refractivity contribution < 1.29 is 4.74 Å². The Morgan fingerprint density at radius 1 is 1.26 bits per heavy atom. The Morgan fingerprint density at radius 3 is 2.68 bits per heavy atom. The number of aromatic nitrogens is 3. The predicted molar refractivity (Wildman–Crippen MR) is 75.7 cm³/mol. The molecule has 2 rings (SSSR count). The molecular weight excluding hydrogens is 264 g/mol. The third-order valence-corrected chi connectivity index (χ3v) is 3.68. The number of nitrogens with one attached hydrogen (secondary N) is 1. The summed E-state index contributed by atoms with van der Waals surface area (Å²) >= 11 is 5.88. The smallest absolute Gasteiger partial charge is 0.322 e. The predicted octanol–water partition coefficient (Wildman–Crippen LogP) is 3.31. The quantitative estimate of drug-likeness (QED) is 0.868. The van der Waals surface area contributed by atoms with Gasteiger partial charge in [0.2, 0.25) is 11.2 Å². The molecule has 5 nitrogen and oxygen atoms in total. The fraction of sp³-hybridized carbons (Fsp3) is 0.769. The Labute approximate surface area is 119 Å². The van der Waals surface area contributed by atoms with E-state index in [-0.39, 0.29) is 5.28 Å². The van der Waals surface area contributed by atoms with E-state index in [2.05, 4.69) is 27.2 Å². The van der Waals surface area contributed by atoms with Crippen molar-refractivity contribution in [3.8, 4) is 6.01 Å². The van der Waals surface area contributed by atoms with Crippen molar-refractivity contribution in [2.24, 2.45) is 5.41 Å². The third kappa shape index (κ3) is 4.20. The molecule has 1 N–H and O–H groups in total. The van der Waals surface area contributed by atoms with Gasteiger partial charge >= 0.3 is 6.01 Å². The van der Waals surface area contributed by atoms with Gasteiger partial charge in [-0.05, 0) is 36.3 Å². The van der Waals surface area contributed by atoms with Crippen LogP contribution < -0.4 is 10.1 Å². The van der Waals surface area contributed by atoms with Crippen molar-refractivity contribution in [1.29, 1.82) is 0 Å². The maximum atomic E-state index is 5.88. The van der Waals surface area contributed by atoms with Crippen LogP contribution in [0.1, 0.15) is 46.0 Å². The normalized spacial score (nSPS) is 17.4. The molecule has 1 heterocycles. The minimum absolute atomic E-state index is 0.167. The van der Waals surface area contributed by atoms with Gasteiger partial charge in [0.25, 0.3) is 0 Å². The minimum atomic E-state index is 0.167. The molecule has 1 aromatic heterocycles. The van der Waals surface area contributed by atoms with E-state index in [0.29, 0.717) is 24.0 Å². The zero-order chi connectivity index (χ0) is 13.7. The van der Waals surface area contributed by atoms with Crippen molar-refractivity contribution in [2.75, 3.05) is 18.5 Å². The molecule has 1 aromatic rings. The van der Waals surface area contributed by atoms with Crippen molar-refractivity contribution in [1.82, 2.24) is 15.0 Å². The van der Waals surface area contributed by atoms with Crippen molar-refractivity contribution in [2.45, 2.75) is 46.0 Å². The number of hydrogen-bond donors (Lipinski definition) is 1. The summed E-state index contributed by atoms with van der Waals surface area (Å²) in [4.78, 5) is 12.3. The molecule has 1 aliphatic rings. The van der Waals surface area contributed by atoms with Crippen molar-refractivity contribution in [3.05, 3.63) is 5.28 Å². The molecule has 0 aromatic carbocycles. The highest BCUT2D eigenvalue weighted by molar-refractivity contribution is 6.28. The zero-order valence-electron chi connectivity index (χ0n) is 11.6. The molecule has 0 radical (unpaired) electrons. The van der Waals surface area contributed by atoms with Gasteiger partial charge in [-0.3, -0.25) is 0 Å². The van der Waals surface area contributed by atoms with Gasteiger partial charge in [-0.1, -0.05) is 26.7 Å². The summed E-state index contributed by atoms with van der Waals surface area (Å²) in [6.07, 6.45) is 6.02. The molecule has 1 saturated carbocycles. The van der Waals surface area contributed by atoms with Gasteiger partial charge in [0, 0.05) is 6.54 Å². The van der Waals surface area contributed by atoms with E-state index in [9.17, 15) is 0 Å². The molecule has 0 saturated heterocycles. The van der Waals surface area contributed by atoms with Crippen LogP contribution in [0, 0.1) is 5.41 Å². The standard InChI is InChI=1S/C13H21ClN4O/c1-3-8-19-12-17-10(14)16-11(18-12)15-9-13(2)6-4-5-7-13/h3-9H2,1-2H3,(H,15,16,17,18). The van der Waals surface area contributed by atoms with Crippen LogP contribution in [0.2, 0.25) is 5.28 Å². The van der Waals surface area contributed by atoms with E-state index in [1.807, 2.05) is 6.92 Å². The molecule has 0 atom stereocenters. The van der Waals surface area contributed by atoms with Crippen LogP contribution in [0.15, 0.2) is 0 Å². The van der Waals surface area contributed by atoms with Crippen LogP contribution in [-0.2, 0) is 0 Å². The first-order chi connectivity index (χ1) is 9.11. The molecule has 19 heavy (non-hydrogen) atoms. The highest BCUT2D eigenvalue weighted by atomic mass is 35.5. The molecule has 6 heteroatoms. The van der Waals surface area contributed by atoms with Gasteiger partial charge in [-0.15, -0.1) is 0 Å². The van der Waals surface area contributed by atoms with Gasteiger partial charge in [0.05, 0.1) is 6.61 Å². The first-order valence-electron chi connectivity index (χ1n) is 6.89. The van der Waals surface area contributed by atoms with Gasteiger partial charge in [-0.25, -0.2) is 0 Å². The largest absolute Gasteiger partial charge is 0.463 e. The van der Waals surface area contributed by atoms with Crippen LogP contribution >= 0.6 is 11.6 Å². The van der Waals surface area contributed by atoms with Crippen LogP contribution in [0.5, 0.6) is 6.01 Å². The van der Waals surface area contributed by atoms with E-state index in [0.717, 1.165) is 13.0 Å². The second kappa shape index (κ2) is 6.37. The average Bonchev–Trinajstić information content (AvgIpc) is 2.81. The Hall–Kier alpha value is -1.10. The first-order valence-corrected chi connectivity index (χ1v) is 7.27. The van der Waals surface area contributed by atoms with Crippen LogP contribution in [0.25, 0.3) is 0 Å². The molecule has 106 valence electrons. The fourth-order valence-electron chi connectivity index (χ4n) is 2.37. The minimum Gasteiger partial charge on any atom is -0.463 e. The van der Waals surface area contributed by atoms with Gasteiger partial charge in [0.15, 0.2) is 0 Å². The summed E-state index contributed by atoms with van der Waals surface area (Å²) in [6, 6.07) is 0.293. The maximum Gasteiger partial charge on any atom is 0.322 e. The third-order valence-electron chi connectivity index (χ3n) is 3.51. The highest BCUT2D eigenvalue weighted by Crippen LogP contribution is 2.37. The van der Waals surface area contributed by atoms with Crippen LogP contribution in [-0.4, -0.2) is 28.1 Å². The monoisotopic (exact) mass is 284 g/mol. The Kier molecular flexibility index (Phi) is 4.80. The van der Waals surface area contributed by atoms with E-state index in [1.165, 1.54) is 25.7 Å². The first kappa shape index (κ1) is 14.3. The molecular formula is C13H21ClN4O. The molecule has 0 aliphatic heterocycles. The summed E-state index contributed by atoms with van der Waals surface area (Å²) in [5, 5.41) is 3.42. The van der Waals surface area contributed by atoms with Gasteiger partial charge in [-0.2, -0.15) is 15.0 Å². The lowest BCUT2D eigenvalue weighted by atomic mass is 9.89. The van der Waals surface area contributed by atoms with Crippen molar-refractivity contribution >= 4 is 17.5 Å². The highest BCUT2D eigenvalue weighted by Gasteiger charge is 2.28. The second-order valence-electron chi connectivity index (χ2n) is 5.43. The number of anilines is 1. The summed E-state index contributed by atoms with van der Waals surface area (Å²) in [6.45, 7) is 5.77. The summed E-state index contributed by atoms with van der Waals surface area (Å²) in [7, 11) is 0. The number of rotatable bonds is 6. The number of nitrogens with zero attached hydrogens (tertiary/aromatic N) is 3. The topological polar surface area (TPSA) is 59.9 Å². The van der Waals surface area contributed by atoms with E-state index in [4.69, 9.17) is 16.3 Å². The summed E-state index contributed by atoms with van der Waals surface area (Å²) in [5.74, 6) is 0.499. The number of halogens is 1. The van der Waals surface area contributed by atoms with Crippen LogP contribution in [0.4, 0.5) is 5.95 Å². The second-order valence-corrected chi connectivity index (χ2v) is 5.77. The number of hydrogen-bond acceptors (Lipinski definition) is 5. The lowest BCUT2D eigenvalue weighted by Crippen LogP contribution is -2.24. The Morgan fingerprint density at radius 2 is 2.00 bits per heavy atom. The van der Waals surface area contributed by atoms with E-state index in [1.54, 1.807) is 0 Å². The molecule has 0 unspecified atom stereocenters.